The first-order valence-corrected chi connectivity index (χ1v) is 7.23. The van der Waals surface area contributed by atoms with Crippen LogP contribution in [0.2, 0.25) is 0 Å². The predicted molar refractivity (Wildman–Crippen MR) is 76.1 cm³/mol. The van der Waals surface area contributed by atoms with E-state index in [0.717, 1.165) is 36.3 Å². The van der Waals surface area contributed by atoms with Gasteiger partial charge in [-0.25, -0.2) is 4.39 Å². The van der Waals surface area contributed by atoms with Gasteiger partial charge in [0.2, 0.25) is 0 Å². The fraction of sp³-hybridized carbons (Fsp3) is 0.500. The molecule has 0 spiro atoms. The van der Waals surface area contributed by atoms with Crippen LogP contribution >= 0.6 is 0 Å². The van der Waals surface area contributed by atoms with Crippen LogP contribution in [0, 0.1) is 11.7 Å². The van der Waals surface area contributed by atoms with Gasteiger partial charge in [0.15, 0.2) is 0 Å². The summed E-state index contributed by atoms with van der Waals surface area (Å²) in [7, 11) is 0. The predicted octanol–water partition coefficient (Wildman–Crippen LogP) is 3.65. The van der Waals surface area contributed by atoms with Crippen molar-refractivity contribution in [3.05, 3.63) is 35.8 Å². The van der Waals surface area contributed by atoms with Gasteiger partial charge in [-0.15, -0.1) is 0 Å². The van der Waals surface area contributed by atoms with Crippen molar-refractivity contribution < 1.29 is 13.5 Å². The molecule has 1 aliphatic heterocycles. The van der Waals surface area contributed by atoms with E-state index in [4.69, 9.17) is 9.15 Å². The van der Waals surface area contributed by atoms with E-state index in [1.165, 1.54) is 12.1 Å². The summed E-state index contributed by atoms with van der Waals surface area (Å²) in [5, 5.41) is 4.29. The normalized spacial score (nSPS) is 24.4. The van der Waals surface area contributed by atoms with Crippen molar-refractivity contribution in [3.8, 4) is 0 Å². The second-order valence-electron chi connectivity index (χ2n) is 5.39. The molecule has 2 heterocycles. The fourth-order valence-corrected chi connectivity index (χ4v) is 3.06. The molecule has 3 rings (SSSR count). The SMILES string of the molecule is CCNC(c1cc2cc(F)ccc2o1)C1CCOC1C. The molecule has 0 bridgehead atoms. The Morgan fingerprint density at radius 1 is 1.40 bits per heavy atom. The second-order valence-corrected chi connectivity index (χ2v) is 5.39. The first-order chi connectivity index (χ1) is 9.69. The first kappa shape index (κ1) is 13.6. The number of nitrogens with one attached hydrogen (secondary N) is 1. The van der Waals surface area contributed by atoms with Crippen LogP contribution in [-0.2, 0) is 4.74 Å². The highest BCUT2D eigenvalue weighted by Gasteiger charge is 2.34. The molecule has 0 amide bonds. The number of hydrogen-bond donors (Lipinski definition) is 1. The van der Waals surface area contributed by atoms with Gasteiger partial charge >= 0.3 is 0 Å². The van der Waals surface area contributed by atoms with E-state index in [9.17, 15) is 4.39 Å². The topological polar surface area (TPSA) is 34.4 Å². The molecule has 108 valence electrons. The zero-order valence-electron chi connectivity index (χ0n) is 11.9. The van der Waals surface area contributed by atoms with E-state index < -0.39 is 0 Å². The summed E-state index contributed by atoms with van der Waals surface area (Å²) in [4.78, 5) is 0. The summed E-state index contributed by atoms with van der Waals surface area (Å²) in [6, 6.07) is 6.69. The maximum Gasteiger partial charge on any atom is 0.134 e. The fourth-order valence-electron chi connectivity index (χ4n) is 3.06. The molecule has 1 N–H and O–H groups in total. The van der Waals surface area contributed by atoms with Crippen LogP contribution in [0.5, 0.6) is 0 Å². The van der Waals surface area contributed by atoms with Crippen molar-refractivity contribution in [1.29, 1.82) is 0 Å². The largest absolute Gasteiger partial charge is 0.459 e. The molecule has 3 unspecified atom stereocenters. The minimum atomic E-state index is -0.234. The molecule has 0 aliphatic carbocycles. The van der Waals surface area contributed by atoms with E-state index in [1.54, 1.807) is 6.07 Å². The van der Waals surface area contributed by atoms with Crippen LogP contribution in [0.1, 0.15) is 32.1 Å². The van der Waals surface area contributed by atoms with E-state index in [0.29, 0.717) is 5.92 Å². The molecule has 1 aromatic heterocycles. The lowest BCUT2D eigenvalue weighted by Crippen LogP contribution is -2.31. The Morgan fingerprint density at radius 3 is 2.95 bits per heavy atom. The molecule has 1 saturated heterocycles. The molecule has 4 heteroatoms. The number of fused-ring (bicyclic) bond motifs is 1. The zero-order valence-corrected chi connectivity index (χ0v) is 11.9. The third kappa shape index (κ3) is 2.45. The lowest BCUT2D eigenvalue weighted by Gasteiger charge is -2.24. The van der Waals surface area contributed by atoms with Gasteiger partial charge in [-0.05, 0) is 44.2 Å². The molecule has 2 aromatic rings. The maximum absolute atomic E-state index is 13.3. The van der Waals surface area contributed by atoms with Gasteiger partial charge in [-0.3, -0.25) is 0 Å². The smallest absolute Gasteiger partial charge is 0.134 e. The van der Waals surface area contributed by atoms with Crippen molar-refractivity contribution in [2.45, 2.75) is 32.4 Å². The van der Waals surface area contributed by atoms with Crippen LogP contribution in [0.25, 0.3) is 11.0 Å². The van der Waals surface area contributed by atoms with Gasteiger partial charge in [-0.2, -0.15) is 0 Å². The summed E-state index contributed by atoms with van der Waals surface area (Å²) in [5.74, 6) is 1.03. The Morgan fingerprint density at radius 2 is 2.25 bits per heavy atom. The third-order valence-electron chi connectivity index (χ3n) is 4.09. The summed E-state index contributed by atoms with van der Waals surface area (Å²) < 4.78 is 24.9. The minimum Gasteiger partial charge on any atom is -0.459 e. The molecule has 1 aliphatic rings. The standard InChI is InChI=1S/C16H20FNO2/c1-3-18-16(13-6-7-19-10(13)2)15-9-11-8-12(17)4-5-14(11)20-15/h4-5,8-10,13,16,18H,3,6-7H2,1-2H3. The number of hydrogen-bond acceptors (Lipinski definition) is 3. The molecule has 1 aromatic carbocycles. The highest BCUT2D eigenvalue weighted by molar-refractivity contribution is 5.78. The van der Waals surface area contributed by atoms with Gasteiger partial charge in [0.1, 0.15) is 17.2 Å². The van der Waals surface area contributed by atoms with Crippen molar-refractivity contribution in [3.63, 3.8) is 0 Å². The minimum absolute atomic E-state index is 0.118. The van der Waals surface area contributed by atoms with Gasteiger partial charge in [-0.1, -0.05) is 6.92 Å². The van der Waals surface area contributed by atoms with Crippen molar-refractivity contribution in [2.24, 2.45) is 5.92 Å². The van der Waals surface area contributed by atoms with E-state index in [1.807, 2.05) is 6.07 Å². The molecule has 0 saturated carbocycles. The van der Waals surface area contributed by atoms with E-state index in [2.05, 4.69) is 19.2 Å². The van der Waals surface area contributed by atoms with Crippen LogP contribution < -0.4 is 5.32 Å². The Balaban J connectivity index is 1.96. The second kappa shape index (κ2) is 5.54. The molecule has 3 atom stereocenters. The van der Waals surface area contributed by atoms with Crippen molar-refractivity contribution in [2.75, 3.05) is 13.2 Å². The number of ether oxygens (including phenoxy) is 1. The van der Waals surface area contributed by atoms with Gasteiger partial charge < -0.3 is 14.5 Å². The van der Waals surface area contributed by atoms with E-state index in [-0.39, 0.29) is 18.0 Å². The van der Waals surface area contributed by atoms with Crippen molar-refractivity contribution >= 4 is 11.0 Å². The lowest BCUT2D eigenvalue weighted by atomic mass is 9.91. The van der Waals surface area contributed by atoms with Gasteiger partial charge in [0, 0.05) is 17.9 Å². The highest BCUT2D eigenvalue weighted by Crippen LogP contribution is 2.35. The van der Waals surface area contributed by atoms with Crippen molar-refractivity contribution in [1.82, 2.24) is 5.32 Å². The number of benzene rings is 1. The molecule has 3 nitrogen and oxygen atoms in total. The summed E-state index contributed by atoms with van der Waals surface area (Å²) >= 11 is 0. The summed E-state index contributed by atoms with van der Waals surface area (Å²) in [5.41, 5.74) is 0.732. The Labute approximate surface area is 118 Å². The first-order valence-electron chi connectivity index (χ1n) is 7.23. The van der Waals surface area contributed by atoms with Crippen LogP contribution in [0.4, 0.5) is 4.39 Å². The Kier molecular flexibility index (Phi) is 3.76. The third-order valence-corrected chi connectivity index (χ3v) is 4.09. The molecular weight excluding hydrogens is 257 g/mol. The number of furan rings is 1. The van der Waals surface area contributed by atoms with Crippen LogP contribution in [0.3, 0.4) is 0 Å². The average Bonchev–Trinajstić information content (AvgIpc) is 3.01. The summed E-state index contributed by atoms with van der Waals surface area (Å²) in [6.07, 6.45) is 1.23. The molecule has 0 radical (unpaired) electrons. The Hall–Kier alpha value is -1.39. The average molecular weight is 277 g/mol. The molecule has 20 heavy (non-hydrogen) atoms. The number of rotatable bonds is 4. The van der Waals surface area contributed by atoms with Gasteiger partial charge in [0.05, 0.1) is 12.1 Å². The lowest BCUT2D eigenvalue weighted by molar-refractivity contribution is 0.0929. The monoisotopic (exact) mass is 277 g/mol. The van der Waals surface area contributed by atoms with Gasteiger partial charge in [0.25, 0.3) is 0 Å². The molecular formula is C16H20FNO2. The highest BCUT2D eigenvalue weighted by atomic mass is 19.1. The zero-order chi connectivity index (χ0) is 14.1. The van der Waals surface area contributed by atoms with Crippen LogP contribution in [0.15, 0.2) is 28.7 Å². The maximum atomic E-state index is 13.3. The number of halogens is 1. The molecule has 1 fully saturated rings. The quantitative estimate of drug-likeness (QED) is 0.926. The van der Waals surface area contributed by atoms with E-state index >= 15 is 0 Å². The Bertz CT molecular complexity index is 595. The summed E-state index contributed by atoms with van der Waals surface area (Å²) in [6.45, 7) is 5.84. The van der Waals surface area contributed by atoms with Crippen LogP contribution in [-0.4, -0.2) is 19.3 Å².